The number of H-pyrrole nitrogens is 1. The van der Waals surface area contributed by atoms with E-state index in [-0.39, 0.29) is 17.1 Å². The Hall–Kier alpha value is -2.42. The first kappa shape index (κ1) is 17.4. The molecule has 2 aromatic rings. The predicted octanol–water partition coefficient (Wildman–Crippen LogP) is 2.92. The summed E-state index contributed by atoms with van der Waals surface area (Å²) in [4.78, 5) is 31.0. The van der Waals surface area contributed by atoms with E-state index in [2.05, 4.69) is 15.3 Å². The zero-order valence-corrected chi connectivity index (χ0v) is 14.0. The zero-order chi connectivity index (χ0) is 18.0. The Morgan fingerprint density at radius 1 is 1.28 bits per heavy atom. The minimum atomic E-state index is -1.16. The van der Waals surface area contributed by atoms with Gasteiger partial charge in [0.25, 0.3) is 11.5 Å². The molecule has 0 spiro atoms. The van der Waals surface area contributed by atoms with Crippen LogP contribution in [0.15, 0.2) is 28.2 Å². The summed E-state index contributed by atoms with van der Waals surface area (Å²) in [5.41, 5.74) is 4.84. The maximum atomic E-state index is 13.2. The van der Waals surface area contributed by atoms with Gasteiger partial charge < -0.3 is 11.1 Å². The standard InChI is InChI=1S/C16H16F2N4O2S/c17-10-6-5-8(7-11(10)18)14(23)20-12-13(19)21-16(22-15(12)24)25-9-3-1-2-4-9/h5-7,9H,1-4H2,(H,20,23)(H3,19,21,22,24). The van der Waals surface area contributed by atoms with Gasteiger partial charge in [0.15, 0.2) is 22.6 Å². The van der Waals surface area contributed by atoms with Gasteiger partial charge in [-0.1, -0.05) is 24.6 Å². The molecule has 1 aliphatic rings. The molecule has 0 saturated heterocycles. The minimum Gasteiger partial charge on any atom is -0.382 e. The van der Waals surface area contributed by atoms with E-state index in [1.807, 2.05) is 0 Å². The lowest BCUT2D eigenvalue weighted by Gasteiger charge is -2.11. The fourth-order valence-corrected chi connectivity index (χ4v) is 3.82. The van der Waals surface area contributed by atoms with Crippen LogP contribution in [0.4, 0.5) is 20.3 Å². The van der Waals surface area contributed by atoms with Crippen molar-refractivity contribution in [3.63, 3.8) is 0 Å². The van der Waals surface area contributed by atoms with Crippen LogP contribution in [0.2, 0.25) is 0 Å². The molecule has 25 heavy (non-hydrogen) atoms. The molecule has 3 rings (SSSR count). The van der Waals surface area contributed by atoms with Crippen molar-refractivity contribution in [3.05, 3.63) is 45.8 Å². The number of amides is 1. The van der Waals surface area contributed by atoms with Crippen LogP contribution in [0.3, 0.4) is 0 Å². The van der Waals surface area contributed by atoms with Crippen molar-refractivity contribution in [2.24, 2.45) is 0 Å². The van der Waals surface area contributed by atoms with E-state index in [0.717, 1.165) is 43.9 Å². The van der Waals surface area contributed by atoms with Crippen LogP contribution in [0.5, 0.6) is 0 Å². The van der Waals surface area contributed by atoms with Crippen molar-refractivity contribution >= 4 is 29.2 Å². The highest BCUT2D eigenvalue weighted by atomic mass is 32.2. The molecule has 1 aromatic heterocycles. The molecule has 6 nitrogen and oxygen atoms in total. The molecule has 1 heterocycles. The van der Waals surface area contributed by atoms with E-state index in [0.29, 0.717) is 10.4 Å². The van der Waals surface area contributed by atoms with Gasteiger partial charge in [0.05, 0.1) is 0 Å². The van der Waals surface area contributed by atoms with Crippen LogP contribution in [-0.4, -0.2) is 21.1 Å². The van der Waals surface area contributed by atoms with Gasteiger partial charge in [-0.2, -0.15) is 0 Å². The number of aromatic nitrogens is 2. The molecule has 1 fully saturated rings. The van der Waals surface area contributed by atoms with Crippen LogP contribution < -0.4 is 16.6 Å². The molecule has 4 N–H and O–H groups in total. The number of carbonyl (C=O) groups is 1. The Kier molecular flexibility index (Phi) is 5.03. The smallest absolute Gasteiger partial charge is 0.277 e. The highest BCUT2D eigenvalue weighted by Crippen LogP contribution is 2.33. The summed E-state index contributed by atoms with van der Waals surface area (Å²) in [6.07, 6.45) is 4.42. The molecule has 1 saturated carbocycles. The van der Waals surface area contributed by atoms with Crippen molar-refractivity contribution in [1.29, 1.82) is 0 Å². The largest absolute Gasteiger partial charge is 0.382 e. The number of hydrogen-bond donors (Lipinski definition) is 3. The van der Waals surface area contributed by atoms with Gasteiger partial charge in [-0.05, 0) is 31.0 Å². The highest BCUT2D eigenvalue weighted by molar-refractivity contribution is 7.99. The van der Waals surface area contributed by atoms with E-state index in [4.69, 9.17) is 5.73 Å². The summed E-state index contributed by atoms with van der Waals surface area (Å²) in [6.45, 7) is 0. The average Bonchev–Trinajstić information content (AvgIpc) is 3.06. The first-order chi connectivity index (χ1) is 11.9. The van der Waals surface area contributed by atoms with Gasteiger partial charge in [0.2, 0.25) is 0 Å². The summed E-state index contributed by atoms with van der Waals surface area (Å²) in [5.74, 6) is -3.13. The maximum absolute atomic E-state index is 13.2. The van der Waals surface area contributed by atoms with E-state index in [1.54, 1.807) is 0 Å². The minimum absolute atomic E-state index is 0.125. The number of halogens is 2. The molecule has 0 radical (unpaired) electrons. The molecule has 0 unspecified atom stereocenters. The van der Waals surface area contributed by atoms with Crippen molar-refractivity contribution in [2.45, 2.75) is 36.1 Å². The second-order valence-corrected chi connectivity index (χ2v) is 7.03. The summed E-state index contributed by atoms with van der Waals surface area (Å²) >= 11 is 1.46. The molecule has 132 valence electrons. The van der Waals surface area contributed by atoms with Crippen molar-refractivity contribution in [2.75, 3.05) is 11.1 Å². The van der Waals surface area contributed by atoms with Crippen LogP contribution in [0.1, 0.15) is 36.0 Å². The molecule has 1 aliphatic carbocycles. The van der Waals surface area contributed by atoms with E-state index in [1.165, 1.54) is 11.8 Å². The van der Waals surface area contributed by atoms with Crippen LogP contribution in [-0.2, 0) is 0 Å². The number of nitrogen functional groups attached to an aromatic ring is 1. The fraction of sp³-hybridized carbons (Fsp3) is 0.312. The quantitative estimate of drug-likeness (QED) is 0.723. The molecular weight excluding hydrogens is 350 g/mol. The van der Waals surface area contributed by atoms with E-state index >= 15 is 0 Å². The van der Waals surface area contributed by atoms with Crippen molar-refractivity contribution in [1.82, 2.24) is 9.97 Å². The molecule has 0 aliphatic heterocycles. The molecule has 0 bridgehead atoms. The first-order valence-corrected chi connectivity index (χ1v) is 8.65. The molecular formula is C16H16F2N4O2S. The number of nitrogens with zero attached hydrogens (tertiary/aromatic N) is 1. The Bertz CT molecular complexity index is 866. The number of aromatic amines is 1. The van der Waals surface area contributed by atoms with E-state index < -0.39 is 23.1 Å². The Morgan fingerprint density at radius 2 is 2.00 bits per heavy atom. The lowest BCUT2D eigenvalue weighted by molar-refractivity contribution is 0.102. The van der Waals surface area contributed by atoms with Gasteiger partial charge in [-0.3, -0.25) is 14.6 Å². The van der Waals surface area contributed by atoms with Crippen molar-refractivity contribution < 1.29 is 13.6 Å². The van der Waals surface area contributed by atoms with E-state index in [9.17, 15) is 18.4 Å². The highest BCUT2D eigenvalue weighted by Gasteiger charge is 2.20. The van der Waals surface area contributed by atoms with Crippen LogP contribution in [0.25, 0.3) is 0 Å². The predicted molar refractivity (Wildman–Crippen MR) is 91.7 cm³/mol. The van der Waals surface area contributed by atoms with Crippen LogP contribution >= 0.6 is 11.8 Å². The number of rotatable bonds is 4. The molecule has 1 aromatic carbocycles. The second kappa shape index (κ2) is 7.22. The Balaban J connectivity index is 1.78. The van der Waals surface area contributed by atoms with Gasteiger partial charge in [-0.25, -0.2) is 13.8 Å². The third kappa shape index (κ3) is 3.98. The monoisotopic (exact) mass is 366 g/mol. The SMILES string of the molecule is Nc1nc(SC2CCCC2)[nH]c(=O)c1NC(=O)c1ccc(F)c(F)c1. The van der Waals surface area contributed by atoms with Crippen LogP contribution in [0, 0.1) is 11.6 Å². The number of nitrogens with two attached hydrogens (primary N) is 1. The van der Waals surface area contributed by atoms with Gasteiger partial charge in [0, 0.05) is 10.8 Å². The number of anilines is 2. The van der Waals surface area contributed by atoms with Gasteiger partial charge in [-0.15, -0.1) is 0 Å². The normalized spacial score (nSPS) is 14.6. The first-order valence-electron chi connectivity index (χ1n) is 7.77. The number of carbonyl (C=O) groups excluding carboxylic acids is 1. The maximum Gasteiger partial charge on any atom is 0.277 e. The molecule has 0 atom stereocenters. The third-order valence-corrected chi connectivity index (χ3v) is 5.15. The van der Waals surface area contributed by atoms with Gasteiger partial charge >= 0.3 is 0 Å². The number of thioether (sulfide) groups is 1. The summed E-state index contributed by atoms with van der Waals surface area (Å²) < 4.78 is 26.2. The fourth-order valence-electron chi connectivity index (χ4n) is 2.63. The Morgan fingerprint density at radius 3 is 2.64 bits per heavy atom. The van der Waals surface area contributed by atoms with Gasteiger partial charge in [0.1, 0.15) is 5.69 Å². The lowest BCUT2D eigenvalue weighted by Crippen LogP contribution is -2.23. The lowest BCUT2D eigenvalue weighted by atomic mass is 10.2. The zero-order valence-electron chi connectivity index (χ0n) is 13.1. The summed E-state index contributed by atoms with van der Waals surface area (Å²) in [7, 11) is 0. The summed E-state index contributed by atoms with van der Waals surface area (Å²) in [5, 5.41) is 3.09. The number of hydrogen-bond acceptors (Lipinski definition) is 5. The molecule has 9 heteroatoms. The topological polar surface area (TPSA) is 101 Å². The Labute approximate surface area is 146 Å². The average molecular weight is 366 g/mol. The third-order valence-electron chi connectivity index (χ3n) is 3.93. The molecule has 1 amide bonds. The van der Waals surface area contributed by atoms with Crippen molar-refractivity contribution in [3.8, 4) is 0 Å². The summed E-state index contributed by atoms with van der Waals surface area (Å²) in [6, 6.07) is 2.68. The number of benzene rings is 1. The number of nitrogens with one attached hydrogen (secondary N) is 2. The second-order valence-electron chi connectivity index (χ2n) is 5.74.